The summed E-state index contributed by atoms with van der Waals surface area (Å²) in [5, 5.41) is 17.3. The van der Waals surface area contributed by atoms with E-state index >= 15 is 0 Å². The minimum absolute atomic E-state index is 0.0500. The molecule has 2 N–H and O–H groups in total. The van der Waals surface area contributed by atoms with Crippen molar-refractivity contribution in [2.75, 3.05) is 38.7 Å². The van der Waals surface area contributed by atoms with Crippen molar-refractivity contribution in [1.29, 1.82) is 0 Å². The summed E-state index contributed by atoms with van der Waals surface area (Å²) in [5.41, 5.74) is 2.59. The number of urea groups is 1. The molecule has 1 aliphatic rings. The van der Waals surface area contributed by atoms with Crippen molar-refractivity contribution in [3.63, 3.8) is 0 Å². The topological polar surface area (TPSA) is 79.6 Å². The van der Waals surface area contributed by atoms with Crippen LogP contribution >= 0.6 is 0 Å². The third-order valence-corrected chi connectivity index (χ3v) is 5.15. The van der Waals surface area contributed by atoms with Crippen LogP contribution in [0.5, 0.6) is 0 Å². The van der Waals surface area contributed by atoms with Gasteiger partial charge in [0.25, 0.3) is 0 Å². The second-order valence-corrected chi connectivity index (χ2v) is 7.48. The highest BCUT2D eigenvalue weighted by atomic mass is 16.5. The summed E-state index contributed by atoms with van der Waals surface area (Å²) in [6.45, 7) is 5.70. The van der Waals surface area contributed by atoms with E-state index in [2.05, 4.69) is 10.4 Å². The first-order chi connectivity index (χ1) is 12.9. The van der Waals surface area contributed by atoms with Gasteiger partial charge < -0.3 is 14.7 Å². The fourth-order valence-electron chi connectivity index (χ4n) is 3.42. The van der Waals surface area contributed by atoms with Gasteiger partial charge in [-0.25, -0.2) is 9.48 Å². The lowest BCUT2D eigenvalue weighted by molar-refractivity contribution is -0.0255. The highest BCUT2D eigenvalue weighted by Crippen LogP contribution is 2.31. The standard InChI is InChI=1S/C20H28N4O3/c1-15-4-6-17(7-5-15)24-18(12-16(2)22-24)21-19(26)23(3)13-20(14-25)8-10-27-11-9-20/h4-7,12,25H,8-11,13-14H2,1-3H3,(H,21,26). The molecule has 7 heteroatoms. The maximum atomic E-state index is 12.8. The molecule has 2 aromatic rings. The molecule has 1 fully saturated rings. The highest BCUT2D eigenvalue weighted by molar-refractivity contribution is 5.88. The molecule has 3 rings (SSSR count). The Morgan fingerprint density at radius 3 is 2.59 bits per heavy atom. The van der Waals surface area contributed by atoms with Gasteiger partial charge in [-0.3, -0.25) is 5.32 Å². The molecule has 0 unspecified atom stereocenters. The van der Waals surface area contributed by atoms with Crippen LogP contribution in [0.3, 0.4) is 0 Å². The average molecular weight is 372 g/mol. The zero-order valence-electron chi connectivity index (χ0n) is 16.2. The summed E-state index contributed by atoms with van der Waals surface area (Å²) in [7, 11) is 1.75. The van der Waals surface area contributed by atoms with Gasteiger partial charge in [0.15, 0.2) is 0 Å². The van der Waals surface area contributed by atoms with E-state index < -0.39 is 0 Å². The molecule has 146 valence electrons. The average Bonchev–Trinajstić information content (AvgIpc) is 3.03. The predicted molar refractivity (Wildman–Crippen MR) is 104 cm³/mol. The van der Waals surface area contributed by atoms with Crippen LogP contribution in [0.2, 0.25) is 0 Å². The number of nitrogens with one attached hydrogen (secondary N) is 1. The largest absolute Gasteiger partial charge is 0.396 e. The molecular weight excluding hydrogens is 344 g/mol. The lowest BCUT2D eigenvalue weighted by Gasteiger charge is -2.38. The van der Waals surface area contributed by atoms with Gasteiger partial charge in [0.2, 0.25) is 0 Å². The van der Waals surface area contributed by atoms with E-state index in [0.29, 0.717) is 25.6 Å². The van der Waals surface area contributed by atoms with Crippen LogP contribution in [-0.2, 0) is 4.74 Å². The van der Waals surface area contributed by atoms with E-state index in [4.69, 9.17) is 4.74 Å². The van der Waals surface area contributed by atoms with Gasteiger partial charge in [0.1, 0.15) is 5.82 Å². The maximum Gasteiger partial charge on any atom is 0.322 e. The number of nitrogens with zero attached hydrogens (tertiary/aromatic N) is 3. The quantitative estimate of drug-likeness (QED) is 0.846. The number of ether oxygens (including phenoxy) is 1. The number of aromatic nitrogens is 2. The number of carbonyl (C=O) groups excluding carboxylic acids is 1. The normalized spacial score (nSPS) is 16.1. The Kier molecular flexibility index (Phi) is 5.82. The summed E-state index contributed by atoms with van der Waals surface area (Å²) in [4.78, 5) is 14.4. The lowest BCUT2D eigenvalue weighted by atomic mass is 9.80. The summed E-state index contributed by atoms with van der Waals surface area (Å²) in [5.74, 6) is 0.623. The smallest absolute Gasteiger partial charge is 0.322 e. The number of anilines is 1. The number of aliphatic hydroxyl groups is 1. The maximum absolute atomic E-state index is 12.8. The van der Waals surface area contributed by atoms with Crippen molar-refractivity contribution in [3.8, 4) is 5.69 Å². The third-order valence-electron chi connectivity index (χ3n) is 5.15. The first-order valence-corrected chi connectivity index (χ1v) is 9.27. The molecule has 2 heterocycles. The number of benzene rings is 1. The number of aryl methyl sites for hydroxylation is 2. The van der Waals surface area contributed by atoms with Gasteiger partial charge in [0.05, 0.1) is 18.0 Å². The van der Waals surface area contributed by atoms with Gasteiger partial charge in [-0.1, -0.05) is 17.7 Å². The second-order valence-electron chi connectivity index (χ2n) is 7.48. The van der Waals surface area contributed by atoms with Crippen LogP contribution < -0.4 is 5.32 Å². The Morgan fingerprint density at radius 2 is 1.96 bits per heavy atom. The first-order valence-electron chi connectivity index (χ1n) is 9.27. The van der Waals surface area contributed by atoms with E-state index in [1.807, 2.05) is 44.2 Å². The predicted octanol–water partition coefficient (Wildman–Crippen LogP) is 2.74. The molecular formula is C20H28N4O3. The van der Waals surface area contributed by atoms with Gasteiger partial charge >= 0.3 is 6.03 Å². The Bertz CT molecular complexity index is 779. The lowest BCUT2D eigenvalue weighted by Crippen LogP contribution is -2.45. The highest BCUT2D eigenvalue weighted by Gasteiger charge is 2.34. The summed E-state index contributed by atoms with van der Waals surface area (Å²) < 4.78 is 7.13. The van der Waals surface area contributed by atoms with Crippen molar-refractivity contribution < 1.29 is 14.6 Å². The number of carbonyl (C=O) groups is 1. The molecule has 0 radical (unpaired) electrons. The van der Waals surface area contributed by atoms with Crippen LogP contribution in [0.1, 0.15) is 24.1 Å². The second kappa shape index (κ2) is 8.10. The minimum atomic E-state index is -0.294. The number of aliphatic hydroxyl groups excluding tert-OH is 1. The van der Waals surface area contributed by atoms with E-state index in [-0.39, 0.29) is 18.1 Å². The van der Waals surface area contributed by atoms with Crippen molar-refractivity contribution in [2.24, 2.45) is 5.41 Å². The van der Waals surface area contributed by atoms with Crippen molar-refractivity contribution in [2.45, 2.75) is 26.7 Å². The molecule has 2 amide bonds. The number of hydrogen-bond donors (Lipinski definition) is 2. The minimum Gasteiger partial charge on any atom is -0.396 e. The van der Waals surface area contributed by atoms with Crippen LogP contribution in [0.15, 0.2) is 30.3 Å². The molecule has 1 aromatic carbocycles. The summed E-state index contributed by atoms with van der Waals surface area (Å²) >= 11 is 0. The van der Waals surface area contributed by atoms with Gasteiger partial charge in [0, 0.05) is 38.3 Å². The number of hydrogen-bond acceptors (Lipinski definition) is 4. The Morgan fingerprint density at radius 1 is 1.30 bits per heavy atom. The fourth-order valence-corrected chi connectivity index (χ4v) is 3.42. The Hall–Kier alpha value is -2.38. The SMILES string of the molecule is Cc1ccc(-n2nc(C)cc2NC(=O)N(C)CC2(CO)CCOCC2)cc1. The Labute approximate surface area is 159 Å². The van der Waals surface area contributed by atoms with E-state index in [1.165, 1.54) is 5.56 Å². The van der Waals surface area contributed by atoms with E-state index in [1.54, 1.807) is 16.6 Å². The third kappa shape index (κ3) is 4.48. The molecule has 1 saturated heterocycles. The molecule has 0 spiro atoms. The van der Waals surface area contributed by atoms with Crippen LogP contribution in [0, 0.1) is 19.3 Å². The molecule has 7 nitrogen and oxygen atoms in total. The summed E-state index contributed by atoms with van der Waals surface area (Å²) in [6.07, 6.45) is 1.50. The van der Waals surface area contributed by atoms with Crippen molar-refractivity contribution >= 4 is 11.8 Å². The van der Waals surface area contributed by atoms with E-state index in [0.717, 1.165) is 24.2 Å². The van der Waals surface area contributed by atoms with E-state index in [9.17, 15) is 9.90 Å². The molecule has 1 aliphatic heterocycles. The van der Waals surface area contributed by atoms with Crippen molar-refractivity contribution in [3.05, 3.63) is 41.6 Å². The zero-order chi connectivity index (χ0) is 19.4. The zero-order valence-corrected chi connectivity index (χ0v) is 16.2. The number of rotatable bonds is 5. The summed E-state index contributed by atoms with van der Waals surface area (Å²) in [6, 6.07) is 9.61. The molecule has 1 aromatic heterocycles. The molecule has 0 aliphatic carbocycles. The number of amides is 2. The van der Waals surface area contributed by atoms with Gasteiger partial charge in [-0.2, -0.15) is 5.10 Å². The fraction of sp³-hybridized carbons (Fsp3) is 0.500. The van der Waals surface area contributed by atoms with Crippen LogP contribution in [0.4, 0.5) is 10.6 Å². The monoisotopic (exact) mass is 372 g/mol. The first kappa shape index (κ1) is 19.4. The van der Waals surface area contributed by atoms with Gasteiger partial charge in [-0.05, 0) is 38.8 Å². The molecule has 0 bridgehead atoms. The Balaban J connectivity index is 1.73. The van der Waals surface area contributed by atoms with Gasteiger partial charge in [-0.15, -0.1) is 0 Å². The molecule has 0 atom stereocenters. The molecule has 27 heavy (non-hydrogen) atoms. The van der Waals surface area contributed by atoms with Crippen LogP contribution in [0.25, 0.3) is 5.69 Å². The van der Waals surface area contributed by atoms with Crippen LogP contribution in [-0.4, -0.2) is 59.2 Å². The molecule has 0 saturated carbocycles. The van der Waals surface area contributed by atoms with Crippen molar-refractivity contribution in [1.82, 2.24) is 14.7 Å².